The van der Waals surface area contributed by atoms with Gasteiger partial charge in [-0.05, 0) is 76.1 Å². The minimum absolute atomic E-state index is 0.0326. The lowest BCUT2D eigenvalue weighted by Crippen LogP contribution is -2.38. The van der Waals surface area contributed by atoms with Crippen molar-refractivity contribution in [1.82, 2.24) is 14.5 Å². The average molecular weight is 550 g/mol. The number of nitrogens with zero attached hydrogens (tertiary/aromatic N) is 3. The van der Waals surface area contributed by atoms with E-state index in [1.165, 1.54) is 51.9 Å². The van der Waals surface area contributed by atoms with E-state index in [1.807, 2.05) is 0 Å². The highest BCUT2D eigenvalue weighted by Crippen LogP contribution is 2.35. The Morgan fingerprint density at radius 2 is 1.74 bits per heavy atom. The van der Waals surface area contributed by atoms with Gasteiger partial charge in [-0.15, -0.1) is 0 Å². The number of likely N-dealkylation sites (tertiary alicyclic amines) is 1. The first-order valence-corrected chi connectivity index (χ1v) is 14.1. The van der Waals surface area contributed by atoms with Crippen LogP contribution < -0.4 is 5.56 Å². The van der Waals surface area contributed by atoms with E-state index in [0.717, 1.165) is 0 Å². The van der Waals surface area contributed by atoms with Gasteiger partial charge in [-0.2, -0.15) is 0 Å². The van der Waals surface area contributed by atoms with Crippen molar-refractivity contribution in [3.63, 3.8) is 0 Å². The molecule has 0 spiro atoms. The molecule has 3 aromatic carbocycles. The molecule has 0 unspecified atom stereocenters. The van der Waals surface area contributed by atoms with Crippen LogP contribution in [0.4, 0.5) is 9.18 Å². The Kier molecular flexibility index (Phi) is 6.76. The summed E-state index contributed by atoms with van der Waals surface area (Å²) in [6.45, 7) is 5.68. The molecule has 202 valence electrons. The number of amides is 1. The van der Waals surface area contributed by atoms with Crippen molar-refractivity contribution in [3.05, 3.63) is 94.8 Å². The summed E-state index contributed by atoms with van der Waals surface area (Å²) in [6, 6.07) is 17.1. The predicted octanol–water partition coefficient (Wildman–Crippen LogP) is 5.43. The number of sulfone groups is 1. The number of fused-ring (bicyclic) bond motifs is 1. The number of hydrogen-bond donors (Lipinski definition) is 0. The monoisotopic (exact) mass is 549 g/mol. The van der Waals surface area contributed by atoms with Gasteiger partial charge in [-0.25, -0.2) is 22.6 Å². The molecule has 4 aromatic rings. The number of ether oxygens (including phenoxy) is 1. The van der Waals surface area contributed by atoms with Crippen LogP contribution in [-0.2, 0) is 14.6 Å². The molecule has 0 radical (unpaired) electrons. The SMILES string of the molecule is CC(C)(C)OC(=O)N1CCC[C@H]1c1nc2cccc(S(=O)(=O)c3ccccc3)c2c(=O)n1-c1cccc(F)c1. The highest BCUT2D eigenvalue weighted by Gasteiger charge is 2.37. The molecule has 39 heavy (non-hydrogen) atoms. The third kappa shape index (κ3) is 5.04. The number of benzene rings is 3. The molecule has 1 saturated heterocycles. The Hall–Kier alpha value is -4.05. The molecular weight excluding hydrogens is 521 g/mol. The molecule has 1 atom stereocenters. The smallest absolute Gasteiger partial charge is 0.410 e. The third-order valence-electron chi connectivity index (χ3n) is 6.47. The Morgan fingerprint density at radius 3 is 2.44 bits per heavy atom. The van der Waals surface area contributed by atoms with E-state index in [1.54, 1.807) is 51.1 Å². The first-order valence-electron chi connectivity index (χ1n) is 12.6. The van der Waals surface area contributed by atoms with Crippen molar-refractivity contribution in [2.45, 2.75) is 55.0 Å². The van der Waals surface area contributed by atoms with Crippen LogP contribution in [0.3, 0.4) is 0 Å². The topological polar surface area (TPSA) is 98.6 Å². The molecule has 2 heterocycles. The quantitative estimate of drug-likeness (QED) is 0.337. The van der Waals surface area contributed by atoms with Crippen molar-refractivity contribution in [2.24, 2.45) is 0 Å². The summed E-state index contributed by atoms with van der Waals surface area (Å²) in [5.74, 6) is -0.373. The normalized spacial score (nSPS) is 16.0. The maximum atomic E-state index is 14.4. The molecule has 1 aliphatic rings. The highest BCUT2D eigenvalue weighted by atomic mass is 32.2. The minimum Gasteiger partial charge on any atom is -0.444 e. The van der Waals surface area contributed by atoms with E-state index < -0.39 is 38.9 Å². The zero-order valence-electron chi connectivity index (χ0n) is 21.8. The summed E-state index contributed by atoms with van der Waals surface area (Å²) in [7, 11) is -4.08. The van der Waals surface area contributed by atoms with Gasteiger partial charge in [0.1, 0.15) is 17.2 Å². The first-order chi connectivity index (χ1) is 18.5. The van der Waals surface area contributed by atoms with Gasteiger partial charge < -0.3 is 4.74 Å². The summed E-state index contributed by atoms with van der Waals surface area (Å²) in [4.78, 5) is 33.4. The summed E-state index contributed by atoms with van der Waals surface area (Å²) in [6.07, 6.45) is 0.586. The average Bonchev–Trinajstić information content (AvgIpc) is 3.38. The molecule has 1 aliphatic heterocycles. The van der Waals surface area contributed by atoms with Gasteiger partial charge in [0.05, 0.1) is 32.4 Å². The molecule has 0 aliphatic carbocycles. The fourth-order valence-electron chi connectivity index (χ4n) is 4.83. The molecule has 0 bridgehead atoms. The van der Waals surface area contributed by atoms with Gasteiger partial charge >= 0.3 is 6.09 Å². The number of rotatable bonds is 4. The van der Waals surface area contributed by atoms with Gasteiger partial charge in [-0.3, -0.25) is 14.3 Å². The first kappa shape index (κ1) is 26.6. The molecular formula is C29H28FN3O5S. The largest absolute Gasteiger partial charge is 0.444 e. The van der Waals surface area contributed by atoms with Gasteiger partial charge in [0.25, 0.3) is 5.56 Å². The fourth-order valence-corrected chi connectivity index (χ4v) is 6.32. The van der Waals surface area contributed by atoms with Gasteiger partial charge in [0.15, 0.2) is 0 Å². The second-order valence-corrected chi connectivity index (χ2v) is 12.3. The number of hydrogen-bond acceptors (Lipinski definition) is 6. The lowest BCUT2D eigenvalue weighted by molar-refractivity contribution is 0.0216. The zero-order valence-corrected chi connectivity index (χ0v) is 22.6. The molecule has 1 aromatic heterocycles. The lowest BCUT2D eigenvalue weighted by Gasteiger charge is -2.29. The third-order valence-corrected chi connectivity index (χ3v) is 8.29. The summed E-state index contributed by atoms with van der Waals surface area (Å²) < 4.78 is 48.4. The standard InChI is InChI=1S/C29H28FN3O5S/c1-29(2,3)38-28(35)32-17-9-15-23(32)26-31-22-14-8-16-24(39(36,37)21-12-5-4-6-13-21)25(22)27(34)33(26)20-11-7-10-19(30)18-20/h4-8,10-14,16,18,23H,9,15,17H2,1-3H3/t23-/m0/s1. The maximum Gasteiger partial charge on any atom is 0.410 e. The summed E-state index contributed by atoms with van der Waals surface area (Å²) in [5.41, 5.74) is -1.07. The van der Waals surface area contributed by atoms with E-state index in [0.29, 0.717) is 19.4 Å². The van der Waals surface area contributed by atoms with Gasteiger partial charge in [0, 0.05) is 6.54 Å². The fraction of sp³-hybridized carbons (Fsp3) is 0.276. The Morgan fingerprint density at radius 1 is 1.03 bits per heavy atom. The molecule has 5 rings (SSSR count). The molecule has 0 saturated carbocycles. The van der Waals surface area contributed by atoms with Gasteiger partial charge in [0.2, 0.25) is 9.84 Å². The Balaban J connectivity index is 1.78. The van der Waals surface area contributed by atoms with E-state index in [9.17, 15) is 22.4 Å². The Bertz CT molecular complexity index is 1730. The van der Waals surface area contributed by atoms with Crippen molar-refractivity contribution < 1.29 is 22.3 Å². The number of halogens is 1. The van der Waals surface area contributed by atoms with E-state index >= 15 is 0 Å². The van der Waals surface area contributed by atoms with Crippen LogP contribution in [-0.4, -0.2) is 41.1 Å². The molecule has 1 fully saturated rings. The van der Waals surface area contributed by atoms with Crippen LogP contribution in [0.15, 0.2) is 87.4 Å². The van der Waals surface area contributed by atoms with E-state index in [2.05, 4.69) is 0 Å². The maximum absolute atomic E-state index is 14.4. The van der Waals surface area contributed by atoms with Crippen molar-refractivity contribution >= 4 is 26.8 Å². The van der Waals surface area contributed by atoms with E-state index in [4.69, 9.17) is 9.72 Å². The zero-order chi connectivity index (χ0) is 27.9. The Labute approximate surface area is 225 Å². The lowest BCUT2D eigenvalue weighted by atomic mass is 10.1. The van der Waals surface area contributed by atoms with Crippen LogP contribution in [0.5, 0.6) is 0 Å². The summed E-state index contributed by atoms with van der Waals surface area (Å²) in [5, 5.41) is -0.115. The van der Waals surface area contributed by atoms with Crippen molar-refractivity contribution in [2.75, 3.05) is 6.54 Å². The summed E-state index contributed by atoms with van der Waals surface area (Å²) >= 11 is 0. The van der Waals surface area contributed by atoms with Crippen molar-refractivity contribution in [3.8, 4) is 5.69 Å². The number of carbonyl (C=O) groups is 1. The predicted molar refractivity (Wildman–Crippen MR) is 144 cm³/mol. The number of carbonyl (C=O) groups excluding carboxylic acids is 1. The van der Waals surface area contributed by atoms with Gasteiger partial charge in [-0.1, -0.05) is 30.3 Å². The van der Waals surface area contributed by atoms with Crippen LogP contribution in [0, 0.1) is 5.82 Å². The number of aromatic nitrogens is 2. The van der Waals surface area contributed by atoms with Crippen LogP contribution in [0.25, 0.3) is 16.6 Å². The molecule has 0 N–H and O–H groups in total. The second kappa shape index (κ2) is 9.92. The highest BCUT2D eigenvalue weighted by molar-refractivity contribution is 7.91. The molecule has 1 amide bonds. The minimum atomic E-state index is -4.08. The molecule has 8 nitrogen and oxygen atoms in total. The van der Waals surface area contributed by atoms with Crippen LogP contribution in [0.1, 0.15) is 45.5 Å². The van der Waals surface area contributed by atoms with Crippen LogP contribution >= 0.6 is 0 Å². The van der Waals surface area contributed by atoms with Crippen LogP contribution in [0.2, 0.25) is 0 Å². The molecule has 10 heteroatoms. The second-order valence-electron chi connectivity index (χ2n) is 10.4. The van der Waals surface area contributed by atoms with Crippen molar-refractivity contribution in [1.29, 1.82) is 0 Å². The van der Waals surface area contributed by atoms with E-state index in [-0.39, 0.29) is 32.2 Å².